The first kappa shape index (κ1) is 17.3. The molecule has 0 atom stereocenters. The Morgan fingerprint density at radius 3 is 2.74 bits per heavy atom. The summed E-state index contributed by atoms with van der Waals surface area (Å²) in [5.41, 5.74) is 4.88. The molecule has 1 amide bonds. The highest BCUT2D eigenvalue weighted by Gasteiger charge is 2.21. The third-order valence-electron chi connectivity index (χ3n) is 4.00. The van der Waals surface area contributed by atoms with Crippen molar-refractivity contribution in [3.8, 4) is 22.8 Å². The molecule has 0 fully saturated rings. The lowest BCUT2D eigenvalue weighted by atomic mass is 10.1. The molecule has 1 aliphatic heterocycles. The number of hydrogen-bond donors (Lipinski definition) is 1. The quantitative estimate of drug-likeness (QED) is 0.503. The summed E-state index contributed by atoms with van der Waals surface area (Å²) in [4.78, 5) is 12.6. The summed E-state index contributed by atoms with van der Waals surface area (Å²) in [6, 6.07) is 12.9. The van der Waals surface area contributed by atoms with E-state index in [-0.39, 0.29) is 6.79 Å². The number of hydrazone groups is 1. The number of aryl methyl sites for hydroxylation is 1. The fourth-order valence-electron chi connectivity index (χ4n) is 2.68. The second kappa shape index (κ2) is 7.24. The summed E-state index contributed by atoms with van der Waals surface area (Å²) >= 11 is 3.45. The van der Waals surface area contributed by atoms with Crippen LogP contribution in [0.1, 0.15) is 21.7 Å². The van der Waals surface area contributed by atoms with Crippen LogP contribution in [0.2, 0.25) is 0 Å². The van der Waals surface area contributed by atoms with Crippen LogP contribution >= 0.6 is 15.9 Å². The molecule has 0 saturated heterocycles. The molecule has 136 valence electrons. The van der Waals surface area contributed by atoms with Crippen molar-refractivity contribution in [3.05, 3.63) is 63.8 Å². The van der Waals surface area contributed by atoms with Crippen LogP contribution in [-0.2, 0) is 0 Å². The number of aromatic nitrogens is 1. The normalized spacial score (nSPS) is 12.5. The first-order valence-corrected chi connectivity index (χ1v) is 8.87. The van der Waals surface area contributed by atoms with Crippen molar-refractivity contribution in [2.24, 2.45) is 5.10 Å². The molecule has 8 heteroatoms. The van der Waals surface area contributed by atoms with E-state index in [1.54, 1.807) is 19.1 Å². The Balaban J connectivity index is 1.54. The minimum atomic E-state index is -0.402. The molecule has 2 aromatic carbocycles. The maximum absolute atomic E-state index is 12.6. The molecule has 1 aromatic heterocycles. The lowest BCUT2D eigenvalue weighted by molar-refractivity contribution is 0.0954. The van der Waals surface area contributed by atoms with E-state index >= 15 is 0 Å². The fraction of sp³-hybridized carbons (Fsp3) is 0.105. The van der Waals surface area contributed by atoms with Gasteiger partial charge in [-0.25, -0.2) is 5.43 Å². The van der Waals surface area contributed by atoms with Crippen molar-refractivity contribution in [3.63, 3.8) is 0 Å². The average Bonchev–Trinajstić information content (AvgIpc) is 3.28. The van der Waals surface area contributed by atoms with Crippen LogP contribution in [0, 0.1) is 6.92 Å². The molecule has 2 heterocycles. The molecule has 0 bridgehead atoms. The molecule has 0 unspecified atom stereocenters. The Hall–Kier alpha value is -3.13. The zero-order valence-corrected chi connectivity index (χ0v) is 15.8. The number of carbonyl (C=O) groups is 1. The van der Waals surface area contributed by atoms with Gasteiger partial charge in [0.05, 0.1) is 6.21 Å². The van der Waals surface area contributed by atoms with E-state index in [2.05, 4.69) is 31.6 Å². The van der Waals surface area contributed by atoms with Gasteiger partial charge >= 0.3 is 0 Å². The van der Waals surface area contributed by atoms with Gasteiger partial charge in [0.2, 0.25) is 6.79 Å². The van der Waals surface area contributed by atoms with Crippen LogP contribution in [0.3, 0.4) is 0 Å². The topological polar surface area (TPSA) is 86.0 Å². The number of amides is 1. The van der Waals surface area contributed by atoms with Crippen molar-refractivity contribution in [1.82, 2.24) is 10.6 Å². The highest BCUT2D eigenvalue weighted by Crippen LogP contribution is 2.36. The van der Waals surface area contributed by atoms with E-state index < -0.39 is 5.91 Å². The van der Waals surface area contributed by atoms with Crippen LogP contribution in [0.4, 0.5) is 0 Å². The van der Waals surface area contributed by atoms with Gasteiger partial charge in [0.1, 0.15) is 17.0 Å². The van der Waals surface area contributed by atoms with Crippen LogP contribution in [0.5, 0.6) is 11.5 Å². The summed E-state index contributed by atoms with van der Waals surface area (Å²) in [6.07, 6.45) is 1.52. The Morgan fingerprint density at radius 2 is 1.96 bits per heavy atom. The lowest BCUT2D eigenvalue weighted by Gasteiger charge is -2.03. The van der Waals surface area contributed by atoms with Gasteiger partial charge in [0.15, 0.2) is 11.5 Å². The molecule has 1 N–H and O–H groups in total. The number of nitrogens with one attached hydrogen (secondary N) is 1. The molecule has 4 rings (SSSR count). The van der Waals surface area contributed by atoms with Gasteiger partial charge in [-0.3, -0.25) is 4.79 Å². The molecule has 0 saturated carbocycles. The monoisotopic (exact) mass is 427 g/mol. The summed E-state index contributed by atoms with van der Waals surface area (Å²) in [6.45, 7) is 1.88. The standard InChI is InChI=1S/C19H14BrN3O4/c1-11-17(18(23-27-11)12-5-3-2-4-6-12)19(24)22-21-9-13-7-15-16(8-14(13)20)26-10-25-15/h2-9H,10H2,1H3,(H,22,24). The van der Waals surface area contributed by atoms with Gasteiger partial charge in [-0.2, -0.15) is 5.10 Å². The van der Waals surface area contributed by atoms with Crippen LogP contribution in [0.25, 0.3) is 11.3 Å². The molecule has 0 aliphatic carbocycles. The fourth-order valence-corrected chi connectivity index (χ4v) is 3.11. The number of carbonyl (C=O) groups excluding carboxylic acids is 1. The highest BCUT2D eigenvalue weighted by molar-refractivity contribution is 9.10. The SMILES string of the molecule is Cc1onc(-c2ccccc2)c1C(=O)NN=Cc1cc2c(cc1Br)OCO2. The molecule has 0 radical (unpaired) electrons. The smallest absolute Gasteiger partial charge is 0.277 e. The van der Waals surface area contributed by atoms with Crippen LogP contribution in [0.15, 0.2) is 56.6 Å². The van der Waals surface area contributed by atoms with Gasteiger partial charge in [-0.15, -0.1) is 0 Å². The van der Waals surface area contributed by atoms with Crippen molar-refractivity contribution >= 4 is 28.1 Å². The van der Waals surface area contributed by atoms with E-state index in [4.69, 9.17) is 14.0 Å². The zero-order valence-electron chi connectivity index (χ0n) is 14.2. The number of nitrogens with zero attached hydrogens (tertiary/aromatic N) is 2. The Labute approximate surface area is 163 Å². The van der Waals surface area contributed by atoms with Crippen molar-refractivity contribution < 1.29 is 18.8 Å². The Kier molecular flexibility index (Phi) is 4.64. The van der Waals surface area contributed by atoms with Crippen molar-refractivity contribution in [2.45, 2.75) is 6.92 Å². The van der Waals surface area contributed by atoms with Crippen molar-refractivity contribution in [2.75, 3.05) is 6.79 Å². The number of rotatable bonds is 4. The van der Waals surface area contributed by atoms with E-state index in [1.807, 2.05) is 30.3 Å². The van der Waals surface area contributed by atoms with Gasteiger partial charge in [-0.1, -0.05) is 35.5 Å². The molecule has 27 heavy (non-hydrogen) atoms. The number of benzene rings is 2. The predicted octanol–water partition coefficient (Wildman–Crippen LogP) is 3.91. The van der Waals surface area contributed by atoms with E-state index in [0.717, 1.165) is 15.6 Å². The Bertz CT molecular complexity index is 1030. The molecular weight excluding hydrogens is 414 g/mol. The van der Waals surface area contributed by atoms with Crippen LogP contribution in [-0.4, -0.2) is 24.1 Å². The zero-order chi connectivity index (χ0) is 18.8. The van der Waals surface area contributed by atoms with Gasteiger partial charge in [-0.05, 0) is 35.0 Å². The number of hydrogen-bond acceptors (Lipinski definition) is 6. The lowest BCUT2D eigenvalue weighted by Crippen LogP contribution is -2.18. The maximum Gasteiger partial charge on any atom is 0.277 e. The predicted molar refractivity (Wildman–Crippen MR) is 102 cm³/mol. The largest absolute Gasteiger partial charge is 0.454 e. The second-order valence-electron chi connectivity index (χ2n) is 5.75. The maximum atomic E-state index is 12.6. The first-order valence-electron chi connectivity index (χ1n) is 8.07. The van der Waals surface area contributed by atoms with E-state index in [0.29, 0.717) is 28.5 Å². The average molecular weight is 428 g/mol. The van der Waals surface area contributed by atoms with Gasteiger partial charge in [0.25, 0.3) is 5.91 Å². The summed E-state index contributed by atoms with van der Waals surface area (Å²) in [7, 11) is 0. The molecule has 7 nitrogen and oxygen atoms in total. The molecular formula is C19H14BrN3O4. The second-order valence-corrected chi connectivity index (χ2v) is 6.61. The molecule has 0 spiro atoms. The van der Waals surface area contributed by atoms with E-state index in [9.17, 15) is 4.79 Å². The number of fused-ring (bicyclic) bond motifs is 1. The van der Waals surface area contributed by atoms with E-state index in [1.165, 1.54) is 6.21 Å². The minimum Gasteiger partial charge on any atom is -0.454 e. The first-order chi connectivity index (χ1) is 13.1. The van der Waals surface area contributed by atoms with Crippen LogP contribution < -0.4 is 14.9 Å². The highest BCUT2D eigenvalue weighted by atomic mass is 79.9. The van der Waals surface area contributed by atoms with Gasteiger partial charge < -0.3 is 14.0 Å². The summed E-state index contributed by atoms with van der Waals surface area (Å²) < 4.78 is 16.6. The van der Waals surface area contributed by atoms with Gasteiger partial charge in [0, 0.05) is 15.6 Å². The number of ether oxygens (including phenoxy) is 2. The third kappa shape index (κ3) is 3.43. The van der Waals surface area contributed by atoms with Crippen molar-refractivity contribution in [1.29, 1.82) is 0 Å². The number of halogens is 1. The Morgan fingerprint density at radius 1 is 1.22 bits per heavy atom. The summed E-state index contributed by atoms with van der Waals surface area (Å²) in [5, 5.41) is 8.04. The third-order valence-corrected chi connectivity index (χ3v) is 4.69. The summed E-state index contributed by atoms with van der Waals surface area (Å²) in [5.74, 6) is 1.31. The minimum absolute atomic E-state index is 0.189. The molecule has 1 aliphatic rings. The molecule has 3 aromatic rings.